The third-order valence-electron chi connectivity index (χ3n) is 6.28. The summed E-state index contributed by atoms with van der Waals surface area (Å²) in [7, 11) is 0. The van der Waals surface area contributed by atoms with Crippen molar-refractivity contribution in [1.82, 2.24) is 15.1 Å². The van der Waals surface area contributed by atoms with Gasteiger partial charge in [0, 0.05) is 44.7 Å². The maximum absolute atomic E-state index is 12.9. The van der Waals surface area contributed by atoms with Crippen molar-refractivity contribution in [2.24, 2.45) is 0 Å². The van der Waals surface area contributed by atoms with Crippen molar-refractivity contribution in [3.8, 4) is 5.75 Å². The molecule has 2 aliphatic rings. The molecule has 0 spiro atoms. The molecular weight excluding hydrogens is 393 g/mol. The molecule has 1 amide bonds. The molecule has 2 saturated heterocycles. The van der Waals surface area contributed by atoms with Crippen LogP contribution in [0.5, 0.6) is 5.75 Å². The van der Waals surface area contributed by atoms with E-state index >= 15 is 0 Å². The number of rotatable bonds is 10. The third kappa shape index (κ3) is 6.05. The molecule has 5 nitrogen and oxygen atoms in total. The summed E-state index contributed by atoms with van der Waals surface area (Å²) in [6, 6.07) is 17.3. The Morgan fingerprint density at radius 2 is 1.84 bits per heavy atom. The van der Waals surface area contributed by atoms with E-state index in [0.29, 0.717) is 36.8 Å². The van der Waals surface area contributed by atoms with Gasteiger partial charge in [0.15, 0.2) is 0 Å². The molecule has 166 valence electrons. The SMILES string of the molecule is O=C1CCC(CCNCCOc2ccc(F)cc2)N1C1CCN(Cc2ccccc2)C1. The average molecular weight is 426 g/mol. The van der Waals surface area contributed by atoms with E-state index in [9.17, 15) is 9.18 Å². The molecule has 2 aromatic rings. The van der Waals surface area contributed by atoms with Crippen LogP contribution in [0.25, 0.3) is 0 Å². The first kappa shape index (κ1) is 21.8. The molecule has 2 fully saturated rings. The van der Waals surface area contributed by atoms with Gasteiger partial charge in [0.25, 0.3) is 0 Å². The lowest BCUT2D eigenvalue weighted by molar-refractivity contribution is -0.131. The number of ether oxygens (including phenoxy) is 1. The summed E-state index contributed by atoms with van der Waals surface area (Å²) in [6.45, 7) is 5.11. The molecule has 31 heavy (non-hydrogen) atoms. The van der Waals surface area contributed by atoms with Gasteiger partial charge in [-0.1, -0.05) is 30.3 Å². The zero-order valence-electron chi connectivity index (χ0n) is 18.0. The van der Waals surface area contributed by atoms with Crippen LogP contribution in [-0.4, -0.2) is 60.6 Å². The minimum atomic E-state index is -0.258. The maximum atomic E-state index is 12.9. The molecule has 4 rings (SSSR count). The smallest absolute Gasteiger partial charge is 0.223 e. The van der Waals surface area contributed by atoms with E-state index in [1.165, 1.54) is 17.7 Å². The van der Waals surface area contributed by atoms with Crippen LogP contribution in [0.1, 0.15) is 31.2 Å². The first-order valence-electron chi connectivity index (χ1n) is 11.4. The number of amides is 1. The molecular formula is C25H32FN3O2. The topological polar surface area (TPSA) is 44.8 Å². The largest absolute Gasteiger partial charge is 0.492 e. The third-order valence-corrected chi connectivity index (χ3v) is 6.28. The zero-order chi connectivity index (χ0) is 21.5. The second kappa shape index (κ2) is 10.7. The van der Waals surface area contributed by atoms with Gasteiger partial charge in [-0.3, -0.25) is 9.69 Å². The Bertz CT molecular complexity index is 830. The zero-order valence-corrected chi connectivity index (χ0v) is 18.0. The van der Waals surface area contributed by atoms with Crippen molar-refractivity contribution in [1.29, 1.82) is 0 Å². The number of hydrogen-bond donors (Lipinski definition) is 1. The quantitative estimate of drug-likeness (QED) is 0.593. The Kier molecular flexibility index (Phi) is 7.54. The fraction of sp³-hybridized carbons (Fsp3) is 0.480. The van der Waals surface area contributed by atoms with Crippen molar-refractivity contribution in [3.63, 3.8) is 0 Å². The molecule has 2 heterocycles. The van der Waals surface area contributed by atoms with Crippen molar-refractivity contribution in [2.75, 3.05) is 32.8 Å². The van der Waals surface area contributed by atoms with Crippen molar-refractivity contribution in [3.05, 3.63) is 66.0 Å². The minimum absolute atomic E-state index is 0.258. The maximum Gasteiger partial charge on any atom is 0.223 e. The molecule has 0 bridgehead atoms. The number of carbonyl (C=O) groups is 1. The van der Waals surface area contributed by atoms with Gasteiger partial charge in [0.05, 0.1) is 0 Å². The molecule has 0 aromatic heterocycles. The standard InChI is InChI=1S/C25H32FN3O2/c26-21-6-9-24(10-7-21)31-17-15-27-14-12-22-8-11-25(30)29(22)23-13-16-28(19-23)18-20-4-2-1-3-5-20/h1-7,9-10,22-23,27H,8,11-19H2. The highest BCUT2D eigenvalue weighted by Crippen LogP contribution is 2.28. The Labute approximate surface area is 184 Å². The number of nitrogens with zero attached hydrogens (tertiary/aromatic N) is 2. The molecule has 0 aliphatic carbocycles. The number of halogens is 1. The predicted molar refractivity (Wildman–Crippen MR) is 119 cm³/mol. The van der Waals surface area contributed by atoms with Gasteiger partial charge in [-0.2, -0.15) is 0 Å². The molecule has 2 aliphatic heterocycles. The van der Waals surface area contributed by atoms with Crippen LogP contribution >= 0.6 is 0 Å². The van der Waals surface area contributed by atoms with Crippen LogP contribution in [0.2, 0.25) is 0 Å². The summed E-state index contributed by atoms with van der Waals surface area (Å²) >= 11 is 0. The summed E-state index contributed by atoms with van der Waals surface area (Å²) < 4.78 is 18.5. The van der Waals surface area contributed by atoms with Crippen LogP contribution < -0.4 is 10.1 Å². The van der Waals surface area contributed by atoms with Crippen LogP contribution in [0.15, 0.2) is 54.6 Å². The van der Waals surface area contributed by atoms with Gasteiger partial charge >= 0.3 is 0 Å². The normalized spacial score (nSPS) is 21.7. The van der Waals surface area contributed by atoms with E-state index in [4.69, 9.17) is 4.74 Å². The van der Waals surface area contributed by atoms with Gasteiger partial charge in [0.1, 0.15) is 18.2 Å². The van der Waals surface area contributed by atoms with Crippen molar-refractivity contribution < 1.29 is 13.9 Å². The van der Waals surface area contributed by atoms with Gasteiger partial charge in [-0.15, -0.1) is 0 Å². The van der Waals surface area contributed by atoms with Gasteiger partial charge in [-0.25, -0.2) is 4.39 Å². The van der Waals surface area contributed by atoms with Crippen LogP contribution in [0.3, 0.4) is 0 Å². The fourth-order valence-electron chi connectivity index (χ4n) is 4.74. The number of hydrogen-bond acceptors (Lipinski definition) is 4. The molecule has 2 aromatic carbocycles. The van der Waals surface area contributed by atoms with Crippen LogP contribution in [0, 0.1) is 5.82 Å². The van der Waals surface area contributed by atoms with Crippen LogP contribution in [0.4, 0.5) is 4.39 Å². The molecule has 1 N–H and O–H groups in total. The number of carbonyl (C=O) groups excluding carboxylic acids is 1. The van der Waals surface area contributed by atoms with Gasteiger partial charge in [-0.05, 0) is 55.6 Å². The number of nitrogens with one attached hydrogen (secondary N) is 1. The Morgan fingerprint density at radius 3 is 2.65 bits per heavy atom. The average Bonchev–Trinajstić information content (AvgIpc) is 3.38. The second-order valence-corrected chi connectivity index (χ2v) is 8.50. The summed E-state index contributed by atoms with van der Waals surface area (Å²) in [5.41, 5.74) is 1.33. The second-order valence-electron chi connectivity index (χ2n) is 8.50. The summed E-state index contributed by atoms with van der Waals surface area (Å²) in [5.74, 6) is 0.736. The molecule has 0 radical (unpaired) electrons. The first-order valence-corrected chi connectivity index (χ1v) is 11.4. The van der Waals surface area contributed by atoms with E-state index in [-0.39, 0.29) is 5.82 Å². The monoisotopic (exact) mass is 425 g/mol. The lowest BCUT2D eigenvalue weighted by Crippen LogP contribution is -2.44. The van der Waals surface area contributed by atoms with E-state index in [0.717, 1.165) is 52.0 Å². The number of benzene rings is 2. The molecule has 6 heteroatoms. The van der Waals surface area contributed by atoms with Crippen molar-refractivity contribution >= 4 is 5.91 Å². The lowest BCUT2D eigenvalue weighted by atomic mass is 10.1. The first-order chi connectivity index (χ1) is 15.2. The van der Waals surface area contributed by atoms with Gasteiger partial charge < -0.3 is 15.0 Å². The summed E-state index contributed by atoms with van der Waals surface area (Å²) in [6.07, 6.45) is 3.67. The van der Waals surface area contributed by atoms with E-state index in [1.807, 2.05) is 6.07 Å². The van der Waals surface area contributed by atoms with Gasteiger partial charge in [0.2, 0.25) is 5.91 Å². The number of likely N-dealkylation sites (tertiary alicyclic amines) is 2. The Hall–Kier alpha value is -2.44. The fourth-order valence-corrected chi connectivity index (χ4v) is 4.74. The van der Waals surface area contributed by atoms with Crippen LogP contribution in [-0.2, 0) is 11.3 Å². The highest BCUT2D eigenvalue weighted by molar-refractivity contribution is 5.79. The Morgan fingerprint density at radius 1 is 1.03 bits per heavy atom. The minimum Gasteiger partial charge on any atom is -0.492 e. The summed E-state index contributed by atoms with van der Waals surface area (Å²) in [5, 5.41) is 3.41. The van der Waals surface area contributed by atoms with Crippen molar-refractivity contribution in [2.45, 2.75) is 44.3 Å². The Balaban J connectivity index is 1.17. The highest BCUT2D eigenvalue weighted by Gasteiger charge is 2.38. The molecule has 2 unspecified atom stereocenters. The molecule has 0 saturated carbocycles. The lowest BCUT2D eigenvalue weighted by Gasteiger charge is -2.31. The highest BCUT2D eigenvalue weighted by atomic mass is 19.1. The predicted octanol–water partition coefficient (Wildman–Crippen LogP) is 3.45. The molecule has 2 atom stereocenters. The summed E-state index contributed by atoms with van der Waals surface area (Å²) in [4.78, 5) is 17.2. The van der Waals surface area contributed by atoms with E-state index in [1.54, 1.807) is 12.1 Å². The van der Waals surface area contributed by atoms with E-state index in [2.05, 4.69) is 39.4 Å². The van der Waals surface area contributed by atoms with E-state index < -0.39 is 0 Å².